The van der Waals surface area contributed by atoms with E-state index in [1.807, 2.05) is 32.9 Å². The van der Waals surface area contributed by atoms with E-state index in [0.717, 1.165) is 22.3 Å². The minimum atomic E-state index is -0.561. The van der Waals surface area contributed by atoms with Crippen LogP contribution in [0.2, 0.25) is 0 Å². The summed E-state index contributed by atoms with van der Waals surface area (Å²) in [6.45, 7) is 6.62. The molecule has 0 aliphatic carbocycles. The fourth-order valence-electron chi connectivity index (χ4n) is 2.30. The summed E-state index contributed by atoms with van der Waals surface area (Å²) in [7, 11) is 0. The monoisotopic (exact) mass is 261 g/mol. The Kier molecular flexibility index (Phi) is 5.36. The molecule has 0 saturated carbocycles. The molecule has 1 atom stereocenters. The zero-order chi connectivity index (χ0) is 14.4. The predicted molar refractivity (Wildman–Crippen MR) is 74.6 cm³/mol. The quantitative estimate of drug-likeness (QED) is 0.354. The summed E-state index contributed by atoms with van der Waals surface area (Å²) in [5.41, 5.74) is 17.8. The van der Waals surface area contributed by atoms with Gasteiger partial charge in [-0.1, -0.05) is 22.8 Å². The van der Waals surface area contributed by atoms with Crippen molar-refractivity contribution in [3.8, 4) is 0 Å². The fourth-order valence-corrected chi connectivity index (χ4v) is 2.30. The molecule has 0 bridgehead atoms. The number of carbonyl (C=O) groups excluding carboxylic acids is 1. The van der Waals surface area contributed by atoms with Gasteiger partial charge >= 0.3 is 0 Å². The molecular formula is C13H19N5O. The Hall–Kier alpha value is -2.04. The zero-order valence-electron chi connectivity index (χ0n) is 11.5. The van der Waals surface area contributed by atoms with Crippen LogP contribution in [0.3, 0.4) is 0 Å². The van der Waals surface area contributed by atoms with Crippen LogP contribution in [-0.4, -0.2) is 19.0 Å². The topological polar surface area (TPSA) is 104 Å². The second-order valence-corrected chi connectivity index (χ2v) is 4.56. The number of hydrogen-bond acceptors (Lipinski definition) is 3. The fraction of sp³-hybridized carbons (Fsp3) is 0.462. The number of nitrogens with zero attached hydrogens (tertiary/aromatic N) is 3. The smallest absolute Gasteiger partial charge is 0.239 e. The van der Waals surface area contributed by atoms with Crippen molar-refractivity contribution < 1.29 is 4.79 Å². The van der Waals surface area contributed by atoms with Gasteiger partial charge in [0.05, 0.1) is 0 Å². The summed E-state index contributed by atoms with van der Waals surface area (Å²) >= 11 is 0. The first-order chi connectivity index (χ1) is 8.97. The molecule has 0 saturated heterocycles. The van der Waals surface area contributed by atoms with E-state index in [9.17, 15) is 4.79 Å². The Morgan fingerprint density at radius 1 is 1.42 bits per heavy atom. The van der Waals surface area contributed by atoms with E-state index >= 15 is 0 Å². The molecule has 1 unspecified atom stereocenters. The summed E-state index contributed by atoms with van der Waals surface area (Å²) in [5, 5.41) is 6.45. The highest BCUT2D eigenvalue weighted by Gasteiger charge is 2.20. The first kappa shape index (κ1) is 15.0. The number of azide groups is 1. The molecule has 0 spiro atoms. The van der Waals surface area contributed by atoms with Crippen LogP contribution >= 0.6 is 0 Å². The van der Waals surface area contributed by atoms with Crippen molar-refractivity contribution in [2.45, 2.75) is 26.8 Å². The van der Waals surface area contributed by atoms with Gasteiger partial charge in [0.25, 0.3) is 0 Å². The SMILES string of the molecule is Cc1cc(C)c(C(NCCN=[N+]=[N-])C(N)=O)c(C)c1. The molecule has 6 heteroatoms. The van der Waals surface area contributed by atoms with E-state index in [1.54, 1.807) is 0 Å². The van der Waals surface area contributed by atoms with E-state index in [1.165, 1.54) is 0 Å². The molecule has 0 fully saturated rings. The third-order valence-electron chi connectivity index (χ3n) is 2.93. The Bertz CT molecular complexity index is 497. The Labute approximate surface area is 112 Å². The lowest BCUT2D eigenvalue weighted by atomic mass is 9.93. The summed E-state index contributed by atoms with van der Waals surface area (Å²) in [5.74, 6) is -0.434. The molecule has 19 heavy (non-hydrogen) atoms. The van der Waals surface area contributed by atoms with Crippen molar-refractivity contribution >= 4 is 5.91 Å². The van der Waals surface area contributed by atoms with Gasteiger partial charge in [0, 0.05) is 18.0 Å². The number of hydrogen-bond donors (Lipinski definition) is 2. The Morgan fingerprint density at radius 3 is 2.47 bits per heavy atom. The van der Waals surface area contributed by atoms with Crippen LogP contribution in [0.25, 0.3) is 10.4 Å². The molecule has 0 aliphatic heterocycles. The van der Waals surface area contributed by atoms with E-state index in [4.69, 9.17) is 11.3 Å². The molecule has 1 amide bonds. The third kappa shape index (κ3) is 3.98. The lowest BCUT2D eigenvalue weighted by Crippen LogP contribution is -2.36. The third-order valence-corrected chi connectivity index (χ3v) is 2.93. The molecule has 3 N–H and O–H groups in total. The number of aryl methyl sites for hydroxylation is 3. The summed E-state index contributed by atoms with van der Waals surface area (Å²) in [6.07, 6.45) is 0. The maximum absolute atomic E-state index is 11.6. The van der Waals surface area contributed by atoms with Gasteiger partial charge in [0.1, 0.15) is 6.04 Å². The van der Waals surface area contributed by atoms with Crippen LogP contribution in [0.15, 0.2) is 17.2 Å². The number of nitrogens with one attached hydrogen (secondary N) is 1. The second-order valence-electron chi connectivity index (χ2n) is 4.56. The number of benzene rings is 1. The maximum atomic E-state index is 11.6. The van der Waals surface area contributed by atoms with E-state index in [0.29, 0.717) is 6.54 Å². The number of rotatable bonds is 6. The van der Waals surface area contributed by atoms with Crippen molar-refractivity contribution in [1.29, 1.82) is 0 Å². The molecule has 1 rings (SSSR count). The van der Waals surface area contributed by atoms with E-state index in [-0.39, 0.29) is 6.54 Å². The van der Waals surface area contributed by atoms with Crippen molar-refractivity contribution in [1.82, 2.24) is 5.32 Å². The Balaban J connectivity index is 2.99. The van der Waals surface area contributed by atoms with Crippen molar-refractivity contribution in [3.05, 3.63) is 44.8 Å². The minimum Gasteiger partial charge on any atom is -0.368 e. The highest BCUT2D eigenvalue weighted by molar-refractivity contribution is 5.82. The van der Waals surface area contributed by atoms with Crippen LogP contribution in [-0.2, 0) is 4.79 Å². The number of amides is 1. The summed E-state index contributed by atoms with van der Waals surface area (Å²) in [4.78, 5) is 14.3. The van der Waals surface area contributed by atoms with Crippen molar-refractivity contribution in [2.75, 3.05) is 13.1 Å². The minimum absolute atomic E-state index is 0.282. The van der Waals surface area contributed by atoms with Crippen LogP contribution in [0, 0.1) is 20.8 Å². The molecule has 1 aromatic rings. The lowest BCUT2D eigenvalue weighted by Gasteiger charge is -2.20. The molecule has 1 aromatic carbocycles. The maximum Gasteiger partial charge on any atom is 0.239 e. The molecule has 0 radical (unpaired) electrons. The van der Waals surface area contributed by atoms with Gasteiger partial charge in [-0.15, -0.1) is 0 Å². The van der Waals surface area contributed by atoms with Crippen molar-refractivity contribution in [2.24, 2.45) is 10.8 Å². The number of primary amides is 1. The van der Waals surface area contributed by atoms with Gasteiger partial charge in [0.2, 0.25) is 5.91 Å². The highest BCUT2D eigenvalue weighted by atomic mass is 16.1. The van der Waals surface area contributed by atoms with Gasteiger partial charge < -0.3 is 11.1 Å². The number of carbonyl (C=O) groups is 1. The molecular weight excluding hydrogens is 242 g/mol. The Morgan fingerprint density at radius 2 is 2.00 bits per heavy atom. The summed E-state index contributed by atoms with van der Waals surface area (Å²) in [6, 6.07) is 3.48. The lowest BCUT2D eigenvalue weighted by molar-refractivity contribution is -0.120. The average molecular weight is 261 g/mol. The standard InChI is InChI=1S/C13H19N5O/c1-8-6-9(2)11(10(3)7-8)12(13(14)19)16-4-5-17-18-15/h6-7,12,16H,4-5H2,1-3H3,(H2,14,19). The predicted octanol–water partition coefficient (Wildman–Crippen LogP) is 2.04. The van der Waals surface area contributed by atoms with E-state index < -0.39 is 11.9 Å². The highest BCUT2D eigenvalue weighted by Crippen LogP contribution is 2.23. The van der Waals surface area contributed by atoms with Gasteiger partial charge in [-0.2, -0.15) is 0 Å². The van der Waals surface area contributed by atoms with Gasteiger partial charge in [0.15, 0.2) is 0 Å². The molecule has 102 valence electrons. The van der Waals surface area contributed by atoms with Crippen molar-refractivity contribution in [3.63, 3.8) is 0 Å². The van der Waals surface area contributed by atoms with Crippen LogP contribution in [0.4, 0.5) is 0 Å². The van der Waals surface area contributed by atoms with Gasteiger partial charge in [-0.3, -0.25) is 4.79 Å². The summed E-state index contributed by atoms with van der Waals surface area (Å²) < 4.78 is 0. The molecule has 0 aromatic heterocycles. The molecule has 0 heterocycles. The van der Waals surface area contributed by atoms with E-state index in [2.05, 4.69) is 15.3 Å². The zero-order valence-corrected chi connectivity index (χ0v) is 11.5. The number of nitrogens with two attached hydrogens (primary N) is 1. The normalized spacial score (nSPS) is 11.7. The largest absolute Gasteiger partial charge is 0.368 e. The molecule has 6 nitrogen and oxygen atoms in total. The molecule has 0 aliphatic rings. The van der Waals surface area contributed by atoms with Crippen LogP contribution in [0.5, 0.6) is 0 Å². The van der Waals surface area contributed by atoms with Gasteiger partial charge in [-0.25, -0.2) is 0 Å². The van der Waals surface area contributed by atoms with Crippen LogP contribution < -0.4 is 11.1 Å². The first-order valence-electron chi connectivity index (χ1n) is 6.08. The van der Waals surface area contributed by atoms with Crippen LogP contribution in [0.1, 0.15) is 28.3 Å². The average Bonchev–Trinajstić information content (AvgIpc) is 2.30. The second kappa shape index (κ2) is 6.78. The van der Waals surface area contributed by atoms with Gasteiger partial charge in [-0.05, 0) is 43.0 Å². The first-order valence-corrected chi connectivity index (χ1v) is 6.08.